The molecule has 1 atom stereocenters. The Labute approximate surface area is 119 Å². The van der Waals surface area contributed by atoms with Gasteiger partial charge in [0.1, 0.15) is 11.5 Å². The number of nitrogens with zero attached hydrogens (tertiary/aromatic N) is 1. The Morgan fingerprint density at radius 1 is 1.15 bits per heavy atom. The fourth-order valence-electron chi connectivity index (χ4n) is 1.95. The molecule has 0 aliphatic carbocycles. The summed E-state index contributed by atoms with van der Waals surface area (Å²) < 4.78 is 11.3. The SMILES string of the molecule is C[C@@H](C#N)Cc1ccc(CCOCc2ccccc2)o1. The first kappa shape index (κ1) is 14.4. The lowest BCUT2D eigenvalue weighted by atomic mass is 10.1. The Kier molecular flexibility index (Phi) is 5.40. The van der Waals surface area contributed by atoms with Gasteiger partial charge in [0.15, 0.2) is 0 Å². The van der Waals surface area contributed by atoms with E-state index in [9.17, 15) is 0 Å². The van der Waals surface area contributed by atoms with Crippen molar-refractivity contribution in [2.75, 3.05) is 6.61 Å². The van der Waals surface area contributed by atoms with E-state index < -0.39 is 0 Å². The first-order valence-corrected chi connectivity index (χ1v) is 6.87. The van der Waals surface area contributed by atoms with Crippen molar-refractivity contribution < 1.29 is 9.15 Å². The second kappa shape index (κ2) is 7.52. The van der Waals surface area contributed by atoms with Gasteiger partial charge >= 0.3 is 0 Å². The van der Waals surface area contributed by atoms with Gasteiger partial charge in [-0.3, -0.25) is 0 Å². The molecule has 0 spiro atoms. The molecule has 3 heteroatoms. The summed E-state index contributed by atoms with van der Waals surface area (Å²) >= 11 is 0. The Morgan fingerprint density at radius 2 is 1.90 bits per heavy atom. The summed E-state index contributed by atoms with van der Waals surface area (Å²) in [5.41, 5.74) is 1.18. The van der Waals surface area contributed by atoms with Crippen molar-refractivity contribution >= 4 is 0 Å². The summed E-state index contributed by atoms with van der Waals surface area (Å²) in [6, 6.07) is 16.2. The monoisotopic (exact) mass is 269 g/mol. The summed E-state index contributed by atoms with van der Waals surface area (Å²) in [6.45, 7) is 3.15. The quantitative estimate of drug-likeness (QED) is 0.719. The zero-order valence-corrected chi connectivity index (χ0v) is 11.7. The van der Waals surface area contributed by atoms with Crippen LogP contribution in [0.4, 0.5) is 0 Å². The zero-order chi connectivity index (χ0) is 14.2. The molecular formula is C17H19NO2. The summed E-state index contributed by atoms with van der Waals surface area (Å²) in [5, 5.41) is 8.77. The number of rotatable bonds is 7. The van der Waals surface area contributed by atoms with Crippen molar-refractivity contribution in [2.24, 2.45) is 5.92 Å². The van der Waals surface area contributed by atoms with Crippen LogP contribution in [-0.4, -0.2) is 6.61 Å². The van der Waals surface area contributed by atoms with Crippen molar-refractivity contribution in [3.8, 4) is 6.07 Å². The van der Waals surface area contributed by atoms with Gasteiger partial charge in [0.2, 0.25) is 0 Å². The lowest BCUT2D eigenvalue weighted by Crippen LogP contribution is -1.98. The van der Waals surface area contributed by atoms with Gasteiger partial charge in [-0.25, -0.2) is 0 Å². The van der Waals surface area contributed by atoms with E-state index in [1.165, 1.54) is 5.56 Å². The van der Waals surface area contributed by atoms with Gasteiger partial charge in [-0.05, 0) is 24.6 Å². The number of furan rings is 1. The van der Waals surface area contributed by atoms with Gasteiger partial charge in [-0.15, -0.1) is 0 Å². The van der Waals surface area contributed by atoms with Crippen molar-refractivity contribution in [1.82, 2.24) is 0 Å². The smallest absolute Gasteiger partial charge is 0.106 e. The number of hydrogen-bond acceptors (Lipinski definition) is 3. The highest BCUT2D eigenvalue weighted by molar-refractivity contribution is 5.13. The molecule has 2 aromatic rings. The fraction of sp³-hybridized carbons (Fsp3) is 0.353. The molecule has 3 nitrogen and oxygen atoms in total. The van der Waals surface area contributed by atoms with Crippen LogP contribution < -0.4 is 0 Å². The lowest BCUT2D eigenvalue weighted by molar-refractivity contribution is 0.120. The molecule has 0 bridgehead atoms. The largest absolute Gasteiger partial charge is 0.466 e. The third kappa shape index (κ3) is 4.56. The van der Waals surface area contributed by atoms with E-state index in [0.29, 0.717) is 19.6 Å². The van der Waals surface area contributed by atoms with Gasteiger partial charge in [0.05, 0.1) is 25.2 Å². The minimum Gasteiger partial charge on any atom is -0.466 e. The highest BCUT2D eigenvalue weighted by atomic mass is 16.5. The Bertz CT molecular complexity index is 554. The normalized spacial score (nSPS) is 12.0. The number of nitriles is 1. The molecule has 2 rings (SSSR count). The molecule has 1 aromatic heterocycles. The van der Waals surface area contributed by atoms with Crippen LogP contribution >= 0.6 is 0 Å². The predicted molar refractivity (Wildman–Crippen MR) is 77.0 cm³/mol. The van der Waals surface area contributed by atoms with E-state index in [2.05, 4.69) is 6.07 Å². The Balaban J connectivity index is 1.71. The third-order valence-corrected chi connectivity index (χ3v) is 3.05. The van der Waals surface area contributed by atoms with Crippen LogP contribution in [0.15, 0.2) is 46.9 Å². The van der Waals surface area contributed by atoms with Crippen molar-refractivity contribution in [3.05, 3.63) is 59.5 Å². The molecule has 0 aliphatic rings. The predicted octanol–water partition coefficient (Wildman–Crippen LogP) is 3.74. The number of hydrogen-bond donors (Lipinski definition) is 0. The van der Waals surface area contributed by atoms with Crippen LogP contribution in [0.5, 0.6) is 0 Å². The summed E-state index contributed by atoms with van der Waals surface area (Å²) in [4.78, 5) is 0. The number of ether oxygens (including phenoxy) is 1. The maximum Gasteiger partial charge on any atom is 0.106 e. The van der Waals surface area contributed by atoms with Crippen LogP contribution in [0.3, 0.4) is 0 Å². The van der Waals surface area contributed by atoms with E-state index in [4.69, 9.17) is 14.4 Å². The minimum absolute atomic E-state index is 0.0108. The molecule has 1 aromatic carbocycles. The average Bonchev–Trinajstić information content (AvgIpc) is 2.92. The molecule has 0 aliphatic heterocycles. The molecule has 0 saturated heterocycles. The third-order valence-electron chi connectivity index (χ3n) is 3.05. The topological polar surface area (TPSA) is 46.2 Å². The van der Waals surface area contributed by atoms with E-state index in [0.717, 1.165) is 17.9 Å². The zero-order valence-electron chi connectivity index (χ0n) is 11.7. The highest BCUT2D eigenvalue weighted by Crippen LogP contribution is 2.13. The summed E-state index contributed by atoms with van der Waals surface area (Å²) in [7, 11) is 0. The van der Waals surface area contributed by atoms with Crippen LogP contribution in [0.2, 0.25) is 0 Å². The first-order chi connectivity index (χ1) is 9.78. The Hall–Kier alpha value is -2.05. The van der Waals surface area contributed by atoms with Crippen LogP contribution in [0.1, 0.15) is 24.0 Å². The lowest BCUT2D eigenvalue weighted by Gasteiger charge is -2.03. The highest BCUT2D eigenvalue weighted by Gasteiger charge is 2.06. The molecule has 104 valence electrons. The molecule has 0 unspecified atom stereocenters. The molecule has 0 fully saturated rings. The molecule has 1 heterocycles. The van der Waals surface area contributed by atoms with Crippen LogP contribution in [0, 0.1) is 17.2 Å². The average molecular weight is 269 g/mol. The van der Waals surface area contributed by atoms with Crippen LogP contribution in [-0.2, 0) is 24.2 Å². The second-order valence-electron chi connectivity index (χ2n) is 4.89. The minimum atomic E-state index is -0.0108. The Morgan fingerprint density at radius 3 is 2.65 bits per heavy atom. The van der Waals surface area contributed by atoms with E-state index in [1.54, 1.807) is 0 Å². The molecule has 0 radical (unpaired) electrons. The van der Waals surface area contributed by atoms with Crippen LogP contribution in [0.25, 0.3) is 0 Å². The summed E-state index contributed by atoms with van der Waals surface area (Å²) in [5.74, 6) is 1.78. The first-order valence-electron chi connectivity index (χ1n) is 6.87. The van der Waals surface area contributed by atoms with Crippen molar-refractivity contribution in [2.45, 2.75) is 26.4 Å². The van der Waals surface area contributed by atoms with Crippen molar-refractivity contribution in [1.29, 1.82) is 5.26 Å². The van der Waals surface area contributed by atoms with E-state index in [1.807, 2.05) is 49.4 Å². The molecular weight excluding hydrogens is 250 g/mol. The second-order valence-corrected chi connectivity index (χ2v) is 4.89. The van der Waals surface area contributed by atoms with Crippen molar-refractivity contribution in [3.63, 3.8) is 0 Å². The van der Waals surface area contributed by atoms with E-state index >= 15 is 0 Å². The van der Waals surface area contributed by atoms with Gasteiger partial charge < -0.3 is 9.15 Å². The summed E-state index contributed by atoms with van der Waals surface area (Å²) in [6.07, 6.45) is 1.43. The fourth-order valence-corrected chi connectivity index (χ4v) is 1.95. The standard InChI is InChI=1S/C17H19NO2/c1-14(12-18)11-17-8-7-16(20-17)9-10-19-13-15-5-3-2-4-6-15/h2-8,14H,9-11,13H2,1H3/t14-/m1/s1. The maximum atomic E-state index is 8.77. The van der Waals surface area contributed by atoms with Gasteiger partial charge in [0, 0.05) is 12.8 Å². The molecule has 20 heavy (non-hydrogen) atoms. The molecule has 0 N–H and O–H groups in total. The van der Waals surface area contributed by atoms with E-state index in [-0.39, 0.29) is 5.92 Å². The number of benzene rings is 1. The van der Waals surface area contributed by atoms with Gasteiger partial charge in [-0.1, -0.05) is 30.3 Å². The van der Waals surface area contributed by atoms with Gasteiger partial charge in [-0.2, -0.15) is 5.26 Å². The molecule has 0 amide bonds. The maximum absolute atomic E-state index is 8.77. The van der Waals surface area contributed by atoms with Gasteiger partial charge in [0.25, 0.3) is 0 Å². The molecule has 0 saturated carbocycles.